The standard InChI is InChI=1S/C23H15F3N4O/c24-23(25,26)14-5-7-15(8-6-14)29-22-30-20-13-16(9-10-21(20)31-22)28-19-11-12-27-18-4-2-1-3-17(18)19/h1-13H,(H,27,28)(H,29,30). The predicted molar refractivity (Wildman–Crippen MR) is 114 cm³/mol. The highest BCUT2D eigenvalue weighted by atomic mass is 19.4. The Labute approximate surface area is 174 Å². The van der Waals surface area contributed by atoms with Crippen LogP contribution in [0.3, 0.4) is 0 Å². The first kappa shape index (κ1) is 18.9. The van der Waals surface area contributed by atoms with Gasteiger partial charge in [0.05, 0.1) is 11.1 Å². The molecule has 0 saturated heterocycles. The molecule has 5 rings (SSSR count). The lowest BCUT2D eigenvalue weighted by Gasteiger charge is -2.09. The van der Waals surface area contributed by atoms with Crippen molar-refractivity contribution in [3.8, 4) is 0 Å². The minimum atomic E-state index is -4.38. The fourth-order valence-electron chi connectivity index (χ4n) is 3.29. The summed E-state index contributed by atoms with van der Waals surface area (Å²) in [6, 6.07) is 20.1. The Morgan fingerprint density at radius 3 is 2.35 bits per heavy atom. The first-order chi connectivity index (χ1) is 15.0. The van der Waals surface area contributed by atoms with E-state index < -0.39 is 11.7 Å². The van der Waals surface area contributed by atoms with Crippen molar-refractivity contribution in [3.05, 3.63) is 84.6 Å². The second-order valence-electron chi connectivity index (χ2n) is 6.90. The van der Waals surface area contributed by atoms with Gasteiger partial charge in [0.2, 0.25) is 0 Å². The van der Waals surface area contributed by atoms with Crippen molar-refractivity contribution in [1.82, 2.24) is 9.97 Å². The van der Waals surface area contributed by atoms with Crippen molar-refractivity contribution in [2.45, 2.75) is 6.18 Å². The Hall–Kier alpha value is -4.07. The van der Waals surface area contributed by atoms with Crippen molar-refractivity contribution in [2.24, 2.45) is 0 Å². The molecule has 0 atom stereocenters. The van der Waals surface area contributed by atoms with Gasteiger partial charge in [-0.05, 0) is 54.6 Å². The van der Waals surface area contributed by atoms with Crippen LogP contribution in [0.1, 0.15) is 5.56 Å². The van der Waals surface area contributed by atoms with Gasteiger partial charge < -0.3 is 15.1 Å². The van der Waals surface area contributed by atoms with E-state index in [1.807, 2.05) is 42.5 Å². The quantitative estimate of drug-likeness (QED) is 0.332. The maximum absolute atomic E-state index is 12.7. The molecule has 31 heavy (non-hydrogen) atoms. The third kappa shape index (κ3) is 3.87. The monoisotopic (exact) mass is 420 g/mol. The van der Waals surface area contributed by atoms with Crippen LogP contribution in [0.25, 0.3) is 22.0 Å². The number of alkyl halides is 3. The van der Waals surface area contributed by atoms with E-state index in [-0.39, 0.29) is 6.01 Å². The van der Waals surface area contributed by atoms with Crippen LogP contribution in [0, 0.1) is 0 Å². The Morgan fingerprint density at radius 2 is 1.55 bits per heavy atom. The molecule has 0 bridgehead atoms. The number of rotatable bonds is 4. The summed E-state index contributed by atoms with van der Waals surface area (Å²) in [6.45, 7) is 0. The lowest BCUT2D eigenvalue weighted by Crippen LogP contribution is -2.04. The van der Waals surface area contributed by atoms with E-state index in [1.54, 1.807) is 12.3 Å². The van der Waals surface area contributed by atoms with Crippen LogP contribution >= 0.6 is 0 Å². The lowest BCUT2D eigenvalue weighted by molar-refractivity contribution is -0.137. The summed E-state index contributed by atoms with van der Waals surface area (Å²) < 4.78 is 43.8. The van der Waals surface area contributed by atoms with Crippen LogP contribution in [0.5, 0.6) is 0 Å². The van der Waals surface area contributed by atoms with Crippen molar-refractivity contribution in [2.75, 3.05) is 10.6 Å². The van der Waals surface area contributed by atoms with Gasteiger partial charge in [-0.3, -0.25) is 4.98 Å². The number of nitrogens with zero attached hydrogens (tertiary/aromatic N) is 2. The highest BCUT2D eigenvalue weighted by Crippen LogP contribution is 2.31. The Kier molecular flexibility index (Phi) is 4.47. The summed E-state index contributed by atoms with van der Waals surface area (Å²) >= 11 is 0. The van der Waals surface area contributed by atoms with Gasteiger partial charge in [-0.15, -0.1) is 0 Å². The van der Waals surface area contributed by atoms with E-state index in [0.717, 1.165) is 34.4 Å². The van der Waals surface area contributed by atoms with Crippen LogP contribution in [0.2, 0.25) is 0 Å². The van der Waals surface area contributed by atoms with Crippen LogP contribution in [-0.2, 0) is 6.18 Å². The molecule has 3 aromatic carbocycles. The molecule has 8 heteroatoms. The van der Waals surface area contributed by atoms with Gasteiger partial charge in [0.25, 0.3) is 6.01 Å². The maximum Gasteiger partial charge on any atom is 0.416 e. The third-order valence-electron chi connectivity index (χ3n) is 4.78. The van der Waals surface area contributed by atoms with Crippen molar-refractivity contribution in [3.63, 3.8) is 0 Å². The number of para-hydroxylation sites is 1. The van der Waals surface area contributed by atoms with Crippen molar-refractivity contribution in [1.29, 1.82) is 0 Å². The smallest absolute Gasteiger partial charge is 0.416 e. The lowest BCUT2D eigenvalue weighted by atomic mass is 10.2. The molecule has 0 aliphatic rings. The van der Waals surface area contributed by atoms with Gasteiger partial charge in [0.1, 0.15) is 5.52 Å². The van der Waals surface area contributed by atoms with Gasteiger partial charge in [0, 0.05) is 28.6 Å². The molecule has 5 nitrogen and oxygen atoms in total. The van der Waals surface area contributed by atoms with E-state index in [0.29, 0.717) is 16.8 Å². The number of benzene rings is 3. The minimum Gasteiger partial charge on any atom is -0.423 e. The number of aromatic nitrogens is 2. The summed E-state index contributed by atoms with van der Waals surface area (Å²) in [6.07, 6.45) is -2.63. The average molecular weight is 420 g/mol. The normalized spacial score (nSPS) is 11.7. The van der Waals surface area contributed by atoms with E-state index in [1.165, 1.54) is 12.1 Å². The number of halogens is 3. The Balaban J connectivity index is 1.39. The first-order valence-electron chi connectivity index (χ1n) is 9.41. The zero-order chi connectivity index (χ0) is 21.4. The third-order valence-corrected chi connectivity index (χ3v) is 4.78. The van der Waals surface area contributed by atoms with Gasteiger partial charge >= 0.3 is 6.18 Å². The van der Waals surface area contributed by atoms with Crippen LogP contribution in [-0.4, -0.2) is 9.97 Å². The molecule has 5 aromatic rings. The minimum absolute atomic E-state index is 0.196. The molecule has 2 N–H and O–H groups in total. The van der Waals surface area contributed by atoms with Crippen molar-refractivity contribution >= 4 is 45.1 Å². The number of oxazole rings is 1. The maximum atomic E-state index is 12.7. The zero-order valence-corrected chi connectivity index (χ0v) is 15.9. The number of nitrogens with one attached hydrogen (secondary N) is 2. The molecule has 0 aliphatic carbocycles. The highest BCUT2D eigenvalue weighted by Gasteiger charge is 2.29. The summed E-state index contributed by atoms with van der Waals surface area (Å²) in [5.74, 6) is 0. The number of pyridine rings is 1. The fraction of sp³-hybridized carbons (Fsp3) is 0.0435. The molecule has 2 heterocycles. The molecule has 0 aliphatic heterocycles. The second-order valence-corrected chi connectivity index (χ2v) is 6.90. The molecule has 0 unspecified atom stereocenters. The van der Waals surface area contributed by atoms with Gasteiger partial charge in [-0.2, -0.15) is 18.2 Å². The van der Waals surface area contributed by atoms with Crippen LogP contribution in [0.4, 0.5) is 36.2 Å². The van der Waals surface area contributed by atoms with Crippen LogP contribution < -0.4 is 10.6 Å². The zero-order valence-electron chi connectivity index (χ0n) is 15.9. The molecular weight excluding hydrogens is 405 g/mol. The number of hydrogen-bond acceptors (Lipinski definition) is 5. The highest BCUT2D eigenvalue weighted by molar-refractivity contribution is 5.93. The largest absolute Gasteiger partial charge is 0.423 e. The molecule has 0 radical (unpaired) electrons. The molecule has 0 amide bonds. The summed E-state index contributed by atoms with van der Waals surface area (Å²) in [5.41, 5.74) is 3.52. The summed E-state index contributed by atoms with van der Waals surface area (Å²) in [7, 11) is 0. The van der Waals surface area contributed by atoms with Crippen LogP contribution in [0.15, 0.2) is 83.4 Å². The average Bonchev–Trinajstić information content (AvgIpc) is 3.15. The number of fused-ring (bicyclic) bond motifs is 2. The van der Waals surface area contributed by atoms with Gasteiger partial charge in [-0.1, -0.05) is 18.2 Å². The molecule has 0 saturated carbocycles. The number of anilines is 4. The topological polar surface area (TPSA) is 63.0 Å². The Bertz CT molecular complexity index is 1370. The summed E-state index contributed by atoms with van der Waals surface area (Å²) in [4.78, 5) is 8.75. The van der Waals surface area contributed by atoms with E-state index in [2.05, 4.69) is 20.6 Å². The molecular formula is C23H15F3N4O. The Morgan fingerprint density at radius 1 is 0.774 bits per heavy atom. The molecule has 2 aromatic heterocycles. The molecule has 154 valence electrons. The molecule has 0 spiro atoms. The first-order valence-corrected chi connectivity index (χ1v) is 9.41. The predicted octanol–water partition coefficient (Wildman–Crippen LogP) is 6.88. The number of hydrogen-bond donors (Lipinski definition) is 2. The SMILES string of the molecule is FC(F)(F)c1ccc(Nc2nc3cc(Nc4ccnc5ccccc45)ccc3o2)cc1. The van der Waals surface area contributed by atoms with Gasteiger partial charge in [-0.25, -0.2) is 0 Å². The second kappa shape index (κ2) is 7.32. The fourth-order valence-corrected chi connectivity index (χ4v) is 3.29. The molecule has 0 fully saturated rings. The van der Waals surface area contributed by atoms with E-state index >= 15 is 0 Å². The van der Waals surface area contributed by atoms with Crippen molar-refractivity contribution < 1.29 is 17.6 Å². The van der Waals surface area contributed by atoms with Gasteiger partial charge in [0.15, 0.2) is 5.58 Å². The summed E-state index contributed by atoms with van der Waals surface area (Å²) in [5, 5.41) is 7.26. The van der Waals surface area contributed by atoms with E-state index in [9.17, 15) is 13.2 Å². The van der Waals surface area contributed by atoms with E-state index in [4.69, 9.17) is 4.42 Å².